The van der Waals surface area contributed by atoms with Gasteiger partial charge < -0.3 is 4.74 Å². The first-order chi connectivity index (χ1) is 6.95. The van der Waals surface area contributed by atoms with Crippen molar-refractivity contribution in [3.63, 3.8) is 0 Å². The first-order valence-electron chi connectivity index (χ1n) is 4.51. The fraction of sp³-hybridized carbons (Fsp3) is 0.182. The van der Waals surface area contributed by atoms with Crippen molar-refractivity contribution in [3.8, 4) is 5.75 Å². The second kappa shape index (κ2) is 4.46. The molecule has 3 nitrogen and oxygen atoms in total. The molecule has 0 saturated heterocycles. The van der Waals surface area contributed by atoms with Crippen LogP contribution in [-0.4, -0.2) is 16.4 Å². The topological polar surface area (TPSA) is 27.1 Å². The summed E-state index contributed by atoms with van der Waals surface area (Å²) in [5.74, 6) is 0.871. The summed E-state index contributed by atoms with van der Waals surface area (Å²) in [6.07, 6.45) is 3.68. The molecule has 0 bridgehead atoms. The number of ether oxygens (including phenoxy) is 1. The molecule has 1 radical (unpaired) electrons. The van der Waals surface area contributed by atoms with E-state index in [0.717, 1.165) is 12.3 Å². The molecule has 0 aliphatic heterocycles. The van der Waals surface area contributed by atoms with E-state index in [2.05, 4.69) is 11.2 Å². The van der Waals surface area contributed by atoms with Gasteiger partial charge in [-0.1, -0.05) is 12.1 Å². The van der Waals surface area contributed by atoms with Crippen LogP contribution in [0, 0.1) is 6.07 Å². The molecule has 0 spiro atoms. The van der Waals surface area contributed by atoms with Crippen molar-refractivity contribution in [3.05, 3.63) is 48.8 Å². The van der Waals surface area contributed by atoms with Crippen LogP contribution in [0.4, 0.5) is 0 Å². The van der Waals surface area contributed by atoms with Crippen LogP contribution < -0.4 is 4.74 Å². The van der Waals surface area contributed by atoms with Crippen molar-refractivity contribution in [2.24, 2.45) is 0 Å². The van der Waals surface area contributed by atoms with E-state index in [0.29, 0.717) is 6.61 Å². The highest BCUT2D eigenvalue weighted by Gasteiger charge is 1.92. The van der Waals surface area contributed by atoms with E-state index in [9.17, 15) is 0 Å². The maximum Gasteiger partial charge on any atom is 0.119 e. The molecule has 0 amide bonds. The Morgan fingerprint density at radius 1 is 1.36 bits per heavy atom. The monoisotopic (exact) mass is 187 g/mol. The maximum atomic E-state index is 5.50. The zero-order chi connectivity index (χ0) is 9.64. The van der Waals surface area contributed by atoms with E-state index in [-0.39, 0.29) is 0 Å². The van der Waals surface area contributed by atoms with Crippen molar-refractivity contribution < 1.29 is 4.74 Å². The van der Waals surface area contributed by atoms with Crippen molar-refractivity contribution in [2.75, 3.05) is 6.61 Å². The van der Waals surface area contributed by atoms with Gasteiger partial charge in [0.05, 0.1) is 6.54 Å². The van der Waals surface area contributed by atoms with Crippen LogP contribution in [0.25, 0.3) is 0 Å². The molecular formula is C11H11N2O. The third-order valence-electron chi connectivity index (χ3n) is 1.84. The SMILES string of the molecule is [c]1ccc(OCCn2cccn2)cc1. The lowest BCUT2D eigenvalue weighted by atomic mass is 10.3. The highest BCUT2D eigenvalue weighted by atomic mass is 16.5. The van der Waals surface area contributed by atoms with Crippen LogP contribution in [0.5, 0.6) is 5.75 Å². The fourth-order valence-corrected chi connectivity index (χ4v) is 1.16. The fourth-order valence-electron chi connectivity index (χ4n) is 1.16. The summed E-state index contributed by atoms with van der Waals surface area (Å²) in [6.45, 7) is 1.40. The van der Waals surface area contributed by atoms with Gasteiger partial charge in [-0.15, -0.1) is 0 Å². The second-order valence-electron chi connectivity index (χ2n) is 2.85. The van der Waals surface area contributed by atoms with Crippen LogP contribution in [-0.2, 0) is 6.54 Å². The molecule has 14 heavy (non-hydrogen) atoms. The van der Waals surface area contributed by atoms with Gasteiger partial charge in [-0.05, 0) is 24.3 Å². The van der Waals surface area contributed by atoms with Gasteiger partial charge in [0.25, 0.3) is 0 Å². The summed E-state index contributed by atoms with van der Waals surface area (Å²) >= 11 is 0. The number of benzene rings is 1. The summed E-state index contributed by atoms with van der Waals surface area (Å²) in [5.41, 5.74) is 0. The lowest BCUT2D eigenvalue weighted by Crippen LogP contribution is -2.08. The molecule has 0 saturated carbocycles. The molecular weight excluding hydrogens is 176 g/mol. The van der Waals surface area contributed by atoms with Crippen LogP contribution in [0.2, 0.25) is 0 Å². The highest BCUT2D eigenvalue weighted by molar-refractivity contribution is 5.20. The summed E-state index contributed by atoms with van der Waals surface area (Å²) in [7, 11) is 0. The summed E-state index contributed by atoms with van der Waals surface area (Å²) in [5, 5.41) is 4.08. The largest absolute Gasteiger partial charge is 0.492 e. The predicted molar refractivity (Wildman–Crippen MR) is 53.0 cm³/mol. The van der Waals surface area contributed by atoms with Crippen molar-refractivity contribution in [1.29, 1.82) is 0 Å². The summed E-state index contributed by atoms with van der Waals surface area (Å²) < 4.78 is 7.34. The zero-order valence-electron chi connectivity index (χ0n) is 7.76. The average Bonchev–Trinajstić information content (AvgIpc) is 2.72. The summed E-state index contributed by atoms with van der Waals surface area (Å²) in [4.78, 5) is 0. The van der Waals surface area contributed by atoms with E-state index in [1.54, 1.807) is 6.20 Å². The molecule has 1 aromatic heterocycles. The van der Waals surface area contributed by atoms with E-state index in [1.165, 1.54) is 0 Å². The third-order valence-corrected chi connectivity index (χ3v) is 1.84. The lowest BCUT2D eigenvalue weighted by molar-refractivity contribution is 0.291. The Balaban J connectivity index is 1.79. The molecule has 1 aromatic carbocycles. The van der Waals surface area contributed by atoms with Gasteiger partial charge in [0.1, 0.15) is 12.4 Å². The Kier molecular flexibility index (Phi) is 2.81. The molecule has 3 heteroatoms. The number of rotatable bonds is 4. The van der Waals surface area contributed by atoms with E-state index >= 15 is 0 Å². The number of nitrogens with zero attached hydrogens (tertiary/aromatic N) is 2. The molecule has 2 aromatic rings. The Morgan fingerprint density at radius 3 is 2.93 bits per heavy atom. The smallest absolute Gasteiger partial charge is 0.119 e. The number of aromatic nitrogens is 2. The minimum Gasteiger partial charge on any atom is -0.492 e. The Labute approximate surface area is 82.9 Å². The van der Waals surface area contributed by atoms with Crippen LogP contribution in [0.1, 0.15) is 0 Å². The van der Waals surface area contributed by atoms with Gasteiger partial charge in [-0.25, -0.2) is 0 Å². The van der Waals surface area contributed by atoms with E-state index in [1.807, 2.05) is 41.2 Å². The Bertz CT molecular complexity index is 356. The van der Waals surface area contributed by atoms with Gasteiger partial charge in [0.15, 0.2) is 0 Å². The van der Waals surface area contributed by atoms with E-state index in [4.69, 9.17) is 4.74 Å². The second-order valence-corrected chi connectivity index (χ2v) is 2.85. The molecule has 0 N–H and O–H groups in total. The van der Waals surface area contributed by atoms with Gasteiger partial charge in [-0.2, -0.15) is 5.10 Å². The third kappa shape index (κ3) is 2.36. The summed E-state index contributed by atoms with van der Waals surface area (Å²) in [6, 6.07) is 12.3. The molecule has 0 unspecified atom stereocenters. The predicted octanol–water partition coefficient (Wildman–Crippen LogP) is 1.76. The van der Waals surface area contributed by atoms with Gasteiger partial charge in [0, 0.05) is 12.4 Å². The first kappa shape index (κ1) is 8.81. The van der Waals surface area contributed by atoms with Crippen LogP contribution in [0.15, 0.2) is 42.7 Å². The molecule has 0 aliphatic carbocycles. The normalized spacial score (nSPS) is 10.0. The number of hydrogen-bond donors (Lipinski definition) is 0. The van der Waals surface area contributed by atoms with Gasteiger partial charge in [-0.3, -0.25) is 4.68 Å². The van der Waals surface area contributed by atoms with Crippen molar-refractivity contribution >= 4 is 0 Å². The standard InChI is InChI=1S/C11H11N2O/c1-2-5-11(6-3-1)14-10-9-13-8-4-7-12-13/h2-8H,9-10H2. The quantitative estimate of drug-likeness (QED) is 0.729. The Morgan fingerprint density at radius 2 is 2.21 bits per heavy atom. The van der Waals surface area contributed by atoms with Gasteiger partial charge >= 0.3 is 0 Å². The molecule has 0 fully saturated rings. The Hall–Kier alpha value is -1.77. The number of hydrogen-bond acceptors (Lipinski definition) is 2. The minimum atomic E-state index is 0.631. The van der Waals surface area contributed by atoms with Gasteiger partial charge in [0.2, 0.25) is 0 Å². The maximum absolute atomic E-state index is 5.50. The molecule has 71 valence electrons. The van der Waals surface area contributed by atoms with E-state index < -0.39 is 0 Å². The van der Waals surface area contributed by atoms with Crippen molar-refractivity contribution in [2.45, 2.75) is 6.54 Å². The molecule has 0 atom stereocenters. The highest BCUT2D eigenvalue weighted by Crippen LogP contribution is 2.07. The first-order valence-corrected chi connectivity index (χ1v) is 4.51. The molecule has 2 rings (SSSR count). The molecule has 1 heterocycles. The zero-order valence-corrected chi connectivity index (χ0v) is 7.76. The van der Waals surface area contributed by atoms with Crippen LogP contribution >= 0.6 is 0 Å². The molecule has 0 aliphatic rings. The lowest BCUT2D eigenvalue weighted by Gasteiger charge is -2.05. The average molecular weight is 187 g/mol. The van der Waals surface area contributed by atoms with Crippen molar-refractivity contribution in [1.82, 2.24) is 9.78 Å². The van der Waals surface area contributed by atoms with Crippen LogP contribution in [0.3, 0.4) is 0 Å². The minimum absolute atomic E-state index is 0.631.